The molecule has 1 atom stereocenters. The van der Waals surface area contributed by atoms with E-state index in [1.807, 2.05) is 31.9 Å². The van der Waals surface area contributed by atoms with E-state index in [0.717, 1.165) is 12.4 Å². The Labute approximate surface area is 73.0 Å². The summed E-state index contributed by atoms with van der Waals surface area (Å²) >= 11 is 0. The minimum atomic E-state index is -0.000000000000000666. The molecule has 4 heteroatoms. The molecule has 68 valence electrons. The van der Waals surface area contributed by atoms with Crippen molar-refractivity contribution in [2.24, 2.45) is 12.8 Å². The van der Waals surface area contributed by atoms with Crippen LogP contribution in [0.25, 0.3) is 0 Å². The van der Waals surface area contributed by atoms with Gasteiger partial charge in [-0.3, -0.25) is 0 Å². The Balaban J connectivity index is 2.65. The first-order valence-corrected chi connectivity index (χ1v) is 3.99. The molecule has 1 aromatic heterocycles. The lowest BCUT2D eigenvalue weighted by atomic mass is 10.3. The van der Waals surface area contributed by atoms with E-state index in [9.17, 15) is 0 Å². The average molecular weight is 168 g/mol. The number of likely N-dealkylation sites (N-methyl/N-ethyl adjacent to an activating group) is 1. The van der Waals surface area contributed by atoms with Crippen molar-refractivity contribution in [3.05, 3.63) is 18.2 Å². The Morgan fingerprint density at radius 2 is 2.33 bits per heavy atom. The van der Waals surface area contributed by atoms with E-state index in [0.29, 0.717) is 0 Å². The Hall–Kier alpha value is -0.870. The van der Waals surface area contributed by atoms with Crippen LogP contribution in [0.15, 0.2) is 12.4 Å². The van der Waals surface area contributed by atoms with Gasteiger partial charge in [0.15, 0.2) is 0 Å². The third-order valence-electron chi connectivity index (χ3n) is 1.75. The molecular formula is C8H16N4. The van der Waals surface area contributed by atoms with Gasteiger partial charge in [-0.05, 0) is 14.1 Å². The lowest BCUT2D eigenvalue weighted by molar-refractivity contribution is 0.367. The summed E-state index contributed by atoms with van der Waals surface area (Å²) in [6.45, 7) is 0.824. The maximum Gasteiger partial charge on any atom is 0.126 e. The molecule has 0 aliphatic heterocycles. The van der Waals surface area contributed by atoms with Crippen LogP contribution >= 0.6 is 0 Å². The number of aryl methyl sites for hydroxylation is 1. The van der Waals surface area contributed by atoms with E-state index in [4.69, 9.17) is 5.73 Å². The van der Waals surface area contributed by atoms with E-state index in [-0.39, 0.29) is 6.04 Å². The van der Waals surface area contributed by atoms with Gasteiger partial charge in [-0.1, -0.05) is 0 Å². The van der Waals surface area contributed by atoms with Gasteiger partial charge in [-0.25, -0.2) is 4.98 Å². The molecule has 1 unspecified atom stereocenters. The second-order valence-corrected chi connectivity index (χ2v) is 3.27. The van der Waals surface area contributed by atoms with Crippen molar-refractivity contribution in [2.45, 2.75) is 6.04 Å². The molecule has 0 radical (unpaired) electrons. The van der Waals surface area contributed by atoms with Crippen LogP contribution in [0.5, 0.6) is 0 Å². The van der Waals surface area contributed by atoms with Gasteiger partial charge in [0.2, 0.25) is 0 Å². The fourth-order valence-corrected chi connectivity index (χ4v) is 1.21. The number of nitrogens with zero attached hydrogens (tertiary/aromatic N) is 3. The number of hydrogen-bond acceptors (Lipinski definition) is 3. The van der Waals surface area contributed by atoms with Gasteiger partial charge in [0, 0.05) is 26.0 Å². The zero-order valence-electron chi connectivity index (χ0n) is 7.86. The van der Waals surface area contributed by atoms with Crippen molar-refractivity contribution in [3.63, 3.8) is 0 Å². The Morgan fingerprint density at radius 3 is 2.75 bits per heavy atom. The molecule has 2 N–H and O–H groups in total. The fraction of sp³-hybridized carbons (Fsp3) is 0.625. The maximum absolute atomic E-state index is 5.92. The lowest BCUT2D eigenvalue weighted by Crippen LogP contribution is -2.28. The van der Waals surface area contributed by atoms with Crippen LogP contribution in [-0.2, 0) is 7.05 Å². The van der Waals surface area contributed by atoms with Crippen molar-refractivity contribution >= 4 is 0 Å². The maximum atomic E-state index is 5.92. The highest BCUT2D eigenvalue weighted by Gasteiger charge is 2.10. The van der Waals surface area contributed by atoms with Gasteiger partial charge in [0.25, 0.3) is 0 Å². The molecule has 0 amide bonds. The van der Waals surface area contributed by atoms with Crippen LogP contribution in [0, 0.1) is 0 Å². The quantitative estimate of drug-likeness (QED) is 0.690. The van der Waals surface area contributed by atoms with Crippen molar-refractivity contribution in [2.75, 3.05) is 20.6 Å². The van der Waals surface area contributed by atoms with E-state index in [1.54, 1.807) is 6.20 Å². The first-order chi connectivity index (χ1) is 5.61. The zero-order chi connectivity index (χ0) is 9.14. The summed E-state index contributed by atoms with van der Waals surface area (Å²) < 4.78 is 1.95. The topological polar surface area (TPSA) is 47.1 Å². The molecule has 0 saturated heterocycles. The van der Waals surface area contributed by atoms with E-state index in [1.165, 1.54) is 0 Å². The fourth-order valence-electron chi connectivity index (χ4n) is 1.21. The molecule has 0 saturated carbocycles. The Morgan fingerprint density at radius 1 is 1.67 bits per heavy atom. The van der Waals surface area contributed by atoms with Crippen LogP contribution in [0.3, 0.4) is 0 Å². The number of aromatic nitrogens is 2. The van der Waals surface area contributed by atoms with Crippen molar-refractivity contribution in [3.8, 4) is 0 Å². The third-order valence-corrected chi connectivity index (χ3v) is 1.75. The molecule has 0 aromatic carbocycles. The number of imidazole rings is 1. The van der Waals surface area contributed by atoms with E-state index >= 15 is 0 Å². The second kappa shape index (κ2) is 3.69. The summed E-state index contributed by atoms with van der Waals surface area (Å²) in [5, 5.41) is 0. The standard InChI is InChI=1S/C8H16N4/c1-11(2)6-7(9)8-10-4-5-12(8)3/h4-5,7H,6,9H2,1-3H3. The minimum Gasteiger partial charge on any atom is -0.337 e. The second-order valence-electron chi connectivity index (χ2n) is 3.27. The smallest absolute Gasteiger partial charge is 0.126 e. The lowest BCUT2D eigenvalue weighted by Gasteiger charge is -2.16. The highest BCUT2D eigenvalue weighted by Crippen LogP contribution is 2.06. The molecule has 0 aliphatic rings. The molecular weight excluding hydrogens is 152 g/mol. The summed E-state index contributed by atoms with van der Waals surface area (Å²) in [7, 11) is 5.96. The first-order valence-electron chi connectivity index (χ1n) is 3.99. The average Bonchev–Trinajstić information content (AvgIpc) is 2.33. The molecule has 0 fully saturated rings. The molecule has 12 heavy (non-hydrogen) atoms. The normalized spacial score (nSPS) is 13.8. The number of hydrogen-bond donors (Lipinski definition) is 1. The van der Waals surface area contributed by atoms with Gasteiger partial charge >= 0.3 is 0 Å². The van der Waals surface area contributed by atoms with Crippen LogP contribution in [0.2, 0.25) is 0 Å². The minimum absolute atomic E-state index is 0.000000000000000666. The van der Waals surface area contributed by atoms with Crippen LogP contribution in [0.1, 0.15) is 11.9 Å². The predicted molar refractivity (Wildman–Crippen MR) is 48.7 cm³/mol. The van der Waals surface area contributed by atoms with Crippen LogP contribution in [-0.4, -0.2) is 35.1 Å². The highest BCUT2D eigenvalue weighted by atomic mass is 15.1. The van der Waals surface area contributed by atoms with Crippen LogP contribution in [0.4, 0.5) is 0 Å². The molecule has 0 bridgehead atoms. The van der Waals surface area contributed by atoms with Crippen molar-refractivity contribution in [1.82, 2.24) is 14.5 Å². The summed E-state index contributed by atoms with van der Waals surface area (Å²) in [6, 6.07) is -0.000000000000000666. The van der Waals surface area contributed by atoms with E-state index < -0.39 is 0 Å². The van der Waals surface area contributed by atoms with Gasteiger partial charge in [-0.2, -0.15) is 0 Å². The Bertz CT molecular complexity index is 241. The molecule has 4 nitrogen and oxygen atoms in total. The Kier molecular flexibility index (Phi) is 2.83. The first kappa shape index (κ1) is 9.22. The van der Waals surface area contributed by atoms with Crippen molar-refractivity contribution in [1.29, 1.82) is 0 Å². The van der Waals surface area contributed by atoms with Crippen molar-refractivity contribution < 1.29 is 0 Å². The zero-order valence-corrected chi connectivity index (χ0v) is 7.86. The summed E-state index contributed by atoms with van der Waals surface area (Å²) in [5.74, 6) is 0.934. The highest BCUT2D eigenvalue weighted by molar-refractivity contribution is 4.98. The summed E-state index contributed by atoms with van der Waals surface area (Å²) in [5.41, 5.74) is 5.92. The molecule has 0 aliphatic carbocycles. The monoisotopic (exact) mass is 168 g/mol. The molecule has 1 aromatic rings. The van der Waals surface area contributed by atoms with Crippen LogP contribution < -0.4 is 5.73 Å². The third kappa shape index (κ3) is 2.06. The summed E-state index contributed by atoms with van der Waals surface area (Å²) in [4.78, 5) is 6.23. The molecule has 0 spiro atoms. The van der Waals surface area contributed by atoms with E-state index in [2.05, 4.69) is 9.88 Å². The van der Waals surface area contributed by atoms with Gasteiger partial charge in [0.1, 0.15) is 5.82 Å². The SMILES string of the molecule is CN(C)CC(N)c1nccn1C. The van der Waals surface area contributed by atoms with Gasteiger partial charge in [0.05, 0.1) is 6.04 Å². The van der Waals surface area contributed by atoms with Gasteiger partial charge in [-0.15, -0.1) is 0 Å². The predicted octanol–water partition coefficient (Wildman–Crippen LogP) is -0.0185. The number of rotatable bonds is 3. The summed E-state index contributed by atoms with van der Waals surface area (Å²) in [6.07, 6.45) is 3.68. The number of nitrogens with two attached hydrogens (primary N) is 1. The molecule has 1 heterocycles. The molecule has 1 rings (SSSR count). The largest absolute Gasteiger partial charge is 0.337 e. The van der Waals surface area contributed by atoms with Gasteiger partial charge < -0.3 is 15.2 Å².